The third-order valence-corrected chi connectivity index (χ3v) is 2.38. The minimum atomic E-state index is -1.28. The standard InChI is InChI=1S/C15H18N2O4/c1-15(2,3)21-14(20)10-6-4-9(5-7-10)8-11(12(16)17)13(18)19/h4-8H,1-3H3,(H3,16,17)(H,18,19). The molecule has 0 bridgehead atoms. The Kier molecular flexibility index (Phi) is 4.86. The summed E-state index contributed by atoms with van der Waals surface area (Å²) in [5, 5.41) is 16.1. The summed E-state index contributed by atoms with van der Waals surface area (Å²) in [6.07, 6.45) is 1.27. The normalized spacial score (nSPS) is 11.9. The van der Waals surface area contributed by atoms with Gasteiger partial charge in [0.1, 0.15) is 17.0 Å². The first-order chi connectivity index (χ1) is 9.60. The molecule has 0 fully saturated rings. The highest BCUT2D eigenvalue weighted by atomic mass is 16.6. The molecule has 0 amide bonds. The second kappa shape index (κ2) is 6.21. The van der Waals surface area contributed by atoms with E-state index in [-0.39, 0.29) is 5.57 Å². The van der Waals surface area contributed by atoms with Crippen molar-refractivity contribution in [3.05, 3.63) is 41.0 Å². The number of carboxylic acids is 1. The number of nitrogens with one attached hydrogen (secondary N) is 1. The molecular weight excluding hydrogens is 272 g/mol. The molecule has 0 saturated heterocycles. The summed E-state index contributed by atoms with van der Waals surface area (Å²) in [5.74, 6) is -2.26. The van der Waals surface area contributed by atoms with E-state index in [2.05, 4.69) is 0 Å². The van der Waals surface area contributed by atoms with Crippen molar-refractivity contribution in [2.24, 2.45) is 5.73 Å². The average molecular weight is 290 g/mol. The molecule has 0 aliphatic rings. The van der Waals surface area contributed by atoms with E-state index in [0.717, 1.165) is 0 Å². The van der Waals surface area contributed by atoms with Crippen molar-refractivity contribution in [1.82, 2.24) is 0 Å². The average Bonchev–Trinajstić information content (AvgIpc) is 2.33. The van der Waals surface area contributed by atoms with Gasteiger partial charge in [-0.1, -0.05) is 12.1 Å². The third kappa shape index (κ3) is 5.10. The largest absolute Gasteiger partial charge is 0.478 e. The van der Waals surface area contributed by atoms with Gasteiger partial charge >= 0.3 is 11.9 Å². The molecule has 21 heavy (non-hydrogen) atoms. The Labute approximate surface area is 122 Å². The number of carbonyl (C=O) groups is 2. The minimum absolute atomic E-state index is 0.306. The van der Waals surface area contributed by atoms with Crippen LogP contribution in [0.15, 0.2) is 29.8 Å². The van der Waals surface area contributed by atoms with Crippen LogP contribution in [0.1, 0.15) is 36.7 Å². The van der Waals surface area contributed by atoms with Crippen LogP contribution in [-0.4, -0.2) is 28.5 Å². The van der Waals surface area contributed by atoms with Gasteiger partial charge in [-0.05, 0) is 44.5 Å². The lowest BCUT2D eigenvalue weighted by atomic mass is 10.1. The van der Waals surface area contributed by atoms with Gasteiger partial charge in [0.2, 0.25) is 0 Å². The molecule has 0 atom stereocenters. The number of hydrogen-bond acceptors (Lipinski definition) is 4. The van der Waals surface area contributed by atoms with Crippen LogP contribution in [0, 0.1) is 5.41 Å². The predicted molar refractivity (Wildman–Crippen MR) is 79.1 cm³/mol. The lowest BCUT2D eigenvalue weighted by Gasteiger charge is -2.19. The molecule has 112 valence electrons. The van der Waals surface area contributed by atoms with Crippen LogP contribution in [0.3, 0.4) is 0 Å². The molecule has 1 aromatic carbocycles. The van der Waals surface area contributed by atoms with Crippen molar-refractivity contribution in [2.45, 2.75) is 26.4 Å². The number of esters is 1. The monoisotopic (exact) mass is 290 g/mol. The highest BCUT2D eigenvalue weighted by Crippen LogP contribution is 2.14. The Morgan fingerprint density at radius 3 is 2.14 bits per heavy atom. The van der Waals surface area contributed by atoms with Crippen LogP contribution in [-0.2, 0) is 9.53 Å². The van der Waals surface area contributed by atoms with Crippen LogP contribution in [0.25, 0.3) is 6.08 Å². The van der Waals surface area contributed by atoms with Crippen LogP contribution in [0.4, 0.5) is 0 Å². The Morgan fingerprint density at radius 1 is 1.24 bits per heavy atom. The maximum atomic E-state index is 11.8. The molecule has 1 aromatic rings. The Hall–Kier alpha value is -2.63. The molecule has 0 aliphatic heterocycles. The second-order valence-corrected chi connectivity index (χ2v) is 5.40. The molecule has 6 nitrogen and oxygen atoms in total. The van der Waals surface area contributed by atoms with E-state index in [4.69, 9.17) is 21.0 Å². The Balaban J connectivity index is 2.98. The number of nitrogens with two attached hydrogens (primary N) is 1. The Morgan fingerprint density at radius 2 is 1.76 bits per heavy atom. The van der Waals surface area contributed by atoms with Gasteiger partial charge in [-0.2, -0.15) is 0 Å². The van der Waals surface area contributed by atoms with Crippen molar-refractivity contribution >= 4 is 23.9 Å². The molecule has 0 aliphatic carbocycles. The molecule has 1 rings (SSSR count). The fraction of sp³-hybridized carbons (Fsp3) is 0.267. The number of carbonyl (C=O) groups excluding carboxylic acids is 1. The van der Waals surface area contributed by atoms with E-state index >= 15 is 0 Å². The van der Waals surface area contributed by atoms with E-state index in [1.165, 1.54) is 18.2 Å². The van der Waals surface area contributed by atoms with Crippen molar-refractivity contribution in [3.63, 3.8) is 0 Å². The highest BCUT2D eigenvalue weighted by Gasteiger charge is 2.17. The van der Waals surface area contributed by atoms with E-state index in [1.807, 2.05) is 0 Å². The van der Waals surface area contributed by atoms with E-state index < -0.39 is 23.4 Å². The van der Waals surface area contributed by atoms with Gasteiger partial charge in [0.15, 0.2) is 0 Å². The van der Waals surface area contributed by atoms with Gasteiger partial charge < -0.3 is 15.6 Å². The summed E-state index contributed by atoms with van der Waals surface area (Å²) in [7, 11) is 0. The summed E-state index contributed by atoms with van der Waals surface area (Å²) in [4.78, 5) is 22.7. The fourth-order valence-corrected chi connectivity index (χ4v) is 1.47. The van der Waals surface area contributed by atoms with Gasteiger partial charge in [-0.3, -0.25) is 5.41 Å². The molecule has 0 radical (unpaired) electrons. The zero-order valence-corrected chi connectivity index (χ0v) is 12.1. The van der Waals surface area contributed by atoms with Crippen LogP contribution in [0.2, 0.25) is 0 Å². The van der Waals surface area contributed by atoms with Gasteiger partial charge in [-0.25, -0.2) is 9.59 Å². The third-order valence-electron chi connectivity index (χ3n) is 2.38. The number of ether oxygens (including phenoxy) is 1. The zero-order chi connectivity index (χ0) is 16.2. The van der Waals surface area contributed by atoms with E-state index in [1.54, 1.807) is 32.9 Å². The van der Waals surface area contributed by atoms with Gasteiger partial charge in [0.05, 0.1) is 5.56 Å². The van der Waals surface area contributed by atoms with Crippen molar-refractivity contribution in [1.29, 1.82) is 5.41 Å². The maximum absolute atomic E-state index is 11.8. The minimum Gasteiger partial charge on any atom is -0.478 e. The molecule has 0 saturated carbocycles. The summed E-state index contributed by atoms with van der Waals surface area (Å²) in [6, 6.07) is 6.18. The molecule has 4 N–H and O–H groups in total. The van der Waals surface area contributed by atoms with Gasteiger partial charge in [0.25, 0.3) is 0 Å². The number of benzene rings is 1. The van der Waals surface area contributed by atoms with Crippen LogP contribution in [0.5, 0.6) is 0 Å². The summed E-state index contributed by atoms with van der Waals surface area (Å²) < 4.78 is 5.22. The quantitative estimate of drug-likeness (QED) is 0.340. The van der Waals surface area contributed by atoms with Crippen molar-refractivity contribution in [3.8, 4) is 0 Å². The van der Waals surface area contributed by atoms with Crippen molar-refractivity contribution < 1.29 is 19.4 Å². The first-order valence-electron chi connectivity index (χ1n) is 6.23. The molecule has 6 heteroatoms. The van der Waals surface area contributed by atoms with Gasteiger partial charge in [-0.15, -0.1) is 0 Å². The number of rotatable bonds is 4. The van der Waals surface area contributed by atoms with Crippen LogP contribution >= 0.6 is 0 Å². The van der Waals surface area contributed by atoms with E-state index in [9.17, 15) is 9.59 Å². The number of carboxylic acid groups (broad SMARTS) is 1. The molecule has 0 aromatic heterocycles. The first kappa shape index (κ1) is 16.4. The van der Waals surface area contributed by atoms with Gasteiger partial charge in [0, 0.05) is 0 Å². The fourth-order valence-electron chi connectivity index (χ4n) is 1.47. The second-order valence-electron chi connectivity index (χ2n) is 5.40. The lowest BCUT2D eigenvalue weighted by molar-refractivity contribution is -0.131. The Bertz CT molecular complexity index is 579. The topological polar surface area (TPSA) is 113 Å². The maximum Gasteiger partial charge on any atom is 0.339 e. The summed E-state index contributed by atoms with van der Waals surface area (Å²) in [6.45, 7) is 5.32. The molecular formula is C15H18N2O4. The molecule has 0 spiro atoms. The number of hydrogen-bond donors (Lipinski definition) is 3. The molecule has 0 heterocycles. The smallest absolute Gasteiger partial charge is 0.339 e. The first-order valence-corrected chi connectivity index (χ1v) is 6.23. The number of aliphatic carboxylic acids is 1. The number of amidine groups is 1. The predicted octanol–water partition coefficient (Wildman–Crippen LogP) is 2.05. The zero-order valence-electron chi connectivity index (χ0n) is 12.1. The van der Waals surface area contributed by atoms with E-state index in [0.29, 0.717) is 11.1 Å². The SMILES string of the molecule is CC(C)(C)OC(=O)c1ccc(C=C(C(=N)N)C(=O)O)cc1. The summed E-state index contributed by atoms with van der Waals surface area (Å²) >= 11 is 0. The summed E-state index contributed by atoms with van der Waals surface area (Å²) in [5.41, 5.74) is 5.19. The lowest BCUT2D eigenvalue weighted by Crippen LogP contribution is -2.23. The van der Waals surface area contributed by atoms with Crippen molar-refractivity contribution in [2.75, 3.05) is 0 Å². The molecule has 0 unspecified atom stereocenters. The highest BCUT2D eigenvalue weighted by molar-refractivity contribution is 6.19. The van der Waals surface area contributed by atoms with Crippen LogP contribution < -0.4 is 5.73 Å².